The summed E-state index contributed by atoms with van der Waals surface area (Å²) >= 11 is 3.27. The molecule has 0 unspecified atom stereocenters. The lowest BCUT2D eigenvalue weighted by Gasteiger charge is -2.08. The summed E-state index contributed by atoms with van der Waals surface area (Å²) in [7, 11) is 1.62. The Morgan fingerprint density at radius 2 is 2.11 bits per heavy atom. The highest BCUT2D eigenvalue weighted by atomic mass is 79.9. The van der Waals surface area contributed by atoms with Crippen molar-refractivity contribution < 1.29 is 19.4 Å². The summed E-state index contributed by atoms with van der Waals surface area (Å²) in [6.07, 6.45) is 0. The van der Waals surface area contributed by atoms with Gasteiger partial charge in [0, 0.05) is 23.8 Å². The Morgan fingerprint density at radius 1 is 1.33 bits per heavy atom. The van der Waals surface area contributed by atoms with E-state index in [1.165, 1.54) is 0 Å². The molecule has 100 valence electrons. The van der Waals surface area contributed by atoms with E-state index in [4.69, 9.17) is 14.6 Å². The largest absolute Gasteiger partial charge is 0.478 e. The van der Waals surface area contributed by atoms with Crippen LogP contribution in [0.4, 0.5) is 5.69 Å². The first kappa shape index (κ1) is 14.9. The molecule has 0 amide bonds. The summed E-state index contributed by atoms with van der Waals surface area (Å²) in [4.78, 5) is 10.9. The summed E-state index contributed by atoms with van der Waals surface area (Å²) in [6, 6.07) is 4.96. The van der Waals surface area contributed by atoms with E-state index in [0.29, 0.717) is 26.4 Å². The zero-order valence-corrected chi connectivity index (χ0v) is 11.7. The van der Waals surface area contributed by atoms with Gasteiger partial charge in [0.25, 0.3) is 0 Å². The van der Waals surface area contributed by atoms with Gasteiger partial charge in [-0.3, -0.25) is 0 Å². The van der Waals surface area contributed by atoms with E-state index in [9.17, 15) is 4.79 Å². The van der Waals surface area contributed by atoms with Crippen LogP contribution < -0.4 is 5.32 Å². The first-order chi connectivity index (χ1) is 8.63. The molecule has 1 aromatic carbocycles. The number of hydrogen-bond acceptors (Lipinski definition) is 4. The maximum absolute atomic E-state index is 10.9. The van der Waals surface area contributed by atoms with Gasteiger partial charge in [-0.2, -0.15) is 0 Å². The minimum absolute atomic E-state index is 0.243. The number of carboxylic acids is 1. The molecule has 0 saturated heterocycles. The van der Waals surface area contributed by atoms with E-state index in [-0.39, 0.29) is 5.56 Å². The molecular weight excluding hydrogens is 302 g/mol. The number of anilines is 1. The van der Waals surface area contributed by atoms with Crippen molar-refractivity contribution in [3.63, 3.8) is 0 Å². The number of methoxy groups -OCH3 is 1. The summed E-state index contributed by atoms with van der Waals surface area (Å²) in [5.74, 6) is -0.948. The van der Waals surface area contributed by atoms with Gasteiger partial charge in [0.1, 0.15) is 0 Å². The fourth-order valence-electron chi connectivity index (χ4n) is 1.33. The van der Waals surface area contributed by atoms with Crippen LogP contribution in [-0.4, -0.2) is 44.6 Å². The standard InChI is InChI=1S/C12H16BrNO4/c1-17-4-5-18-3-2-14-11-7-9(12(15)16)6-10(13)8-11/h6-8,14H,2-5H2,1H3,(H,15,16). The maximum atomic E-state index is 10.9. The Labute approximate surface area is 114 Å². The number of aromatic carboxylic acids is 1. The Hall–Kier alpha value is -1.11. The average Bonchev–Trinajstić information content (AvgIpc) is 2.33. The molecule has 0 aromatic heterocycles. The van der Waals surface area contributed by atoms with Gasteiger partial charge >= 0.3 is 5.97 Å². The van der Waals surface area contributed by atoms with Crippen LogP contribution in [0.1, 0.15) is 10.4 Å². The molecule has 0 bridgehead atoms. The van der Waals surface area contributed by atoms with Crippen LogP contribution in [0.25, 0.3) is 0 Å². The van der Waals surface area contributed by atoms with Gasteiger partial charge in [-0.05, 0) is 18.2 Å². The van der Waals surface area contributed by atoms with E-state index in [1.54, 1.807) is 19.2 Å². The molecule has 18 heavy (non-hydrogen) atoms. The lowest BCUT2D eigenvalue weighted by molar-refractivity contribution is 0.0697. The van der Waals surface area contributed by atoms with E-state index in [2.05, 4.69) is 21.2 Å². The van der Waals surface area contributed by atoms with Gasteiger partial charge in [-0.1, -0.05) is 15.9 Å². The van der Waals surface area contributed by atoms with Crippen molar-refractivity contribution in [2.75, 3.05) is 38.8 Å². The minimum atomic E-state index is -0.948. The van der Waals surface area contributed by atoms with Crippen LogP contribution in [-0.2, 0) is 9.47 Å². The molecule has 0 atom stereocenters. The number of nitrogens with one attached hydrogen (secondary N) is 1. The fourth-order valence-corrected chi connectivity index (χ4v) is 1.82. The molecule has 1 aromatic rings. The van der Waals surface area contributed by atoms with Gasteiger partial charge in [-0.15, -0.1) is 0 Å². The molecule has 0 fully saturated rings. The van der Waals surface area contributed by atoms with Crippen LogP contribution in [0.3, 0.4) is 0 Å². The predicted molar refractivity (Wildman–Crippen MR) is 72.3 cm³/mol. The summed E-state index contributed by atoms with van der Waals surface area (Å²) in [5.41, 5.74) is 0.990. The van der Waals surface area contributed by atoms with Crippen molar-refractivity contribution >= 4 is 27.6 Å². The van der Waals surface area contributed by atoms with Gasteiger partial charge in [0.05, 0.1) is 25.4 Å². The number of halogens is 1. The maximum Gasteiger partial charge on any atom is 0.335 e. The quantitative estimate of drug-likeness (QED) is 0.720. The Kier molecular flexibility index (Phi) is 6.70. The average molecular weight is 318 g/mol. The van der Waals surface area contributed by atoms with Gasteiger partial charge in [-0.25, -0.2) is 4.79 Å². The summed E-state index contributed by atoms with van der Waals surface area (Å²) < 4.78 is 10.9. The lowest BCUT2D eigenvalue weighted by atomic mass is 10.2. The van der Waals surface area contributed by atoms with Crippen LogP contribution in [0.15, 0.2) is 22.7 Å². The zero-order chi connectivity index (χ0) is 13.4. The first-order valence-corrected chi connectivity index (χ1v) is 6.27. The third-order valence-electron chi connectivity index (χ3n) is 2.15. The zero-order valence-electron chi connectivity index (χ0n) is 10.1. The molecule has 0 aliphatic rings. The van der Waals surface area contributed by atoms with Crippen molar-refractivity contribution in [1.82, 2.24) is 0 Å². The highest BCUT2D eigenvalue weighted by Crippen LogP contribution is 2.19. The number of ether oxygens (including phenoxy) is 2. The van der Waals surface area contributed by atoms with Crippen molar-refractivity contribution in [3.8, 4) is 0 Å². The summed E-state index contributed by atoms with van der Waals surface area (Å²) in [5, 5.41) is 12.0. The highest BCUT2D eigenvalue weighted by molar-refractivity contribution is 9.10. The Morgan fingerprint density at radius 3 is 2.78 bits per heavy atom. The molecule has 0 spiro atoms. The topological polar surface area (TPSA) is 67.8 Å². The number of carboxylic acid groups (broad SMARTS) is 1. The minimum Gasteiger partial charge on any atom is -0.478 e. The molecule has 0 saturated carbocycles. The van der Waals surface area contributed by atoms with Gasteiger partial charge in [0.15, 0.2) is 0 Å². The molecule has 0 heterocycles. The normalized spacial score (nSPS) is 10.3. The highest BCUT2D eigenvalue weighted by Gasteiger charge is 2.05. The molecule has 0 radical (unpaired) electrons. The first-order valence-electron chi connectivity index (χ1n) is 5.48. The fraction of sp³-hybridized carbons (Fsp3) is 0.417. The third-order valence-corrected chi connectivity index (χ3v) is 2.61. The predicted octanol–water partition coefficient (Wildman–Crippen LogP) is 2.22. The van der Waals surface area contributed by atoms with Crippen LogP contribution >= 0.6 is 15.9 Å². The number of carbonyl (C=O) groups is 1. The molecule has 1 rings (SSSR count). The van der Waals surface area contributed by atoms with Crippen LogP contribution in [0.2, 0.25) is 0 Å². The smallest absolute Gasteiger partial charge is 0.335 e. The van der Waals surface area contributed by atoms with Crippen molar-refractivity contribution in [1.29, 1.82) is 0 Å². The summed E-state index contributed by atoms with van der Waals surface area (Å²) in [6.45, 7) is 2.27. The second-order valence-electron chi connectivity index (χ2n) is 3.57. The molecule has 0 aliphatic heterocycles. The Balaban J connectivity index is 2.40. The van der Waals surface area contributed by atoms with Gasteiger partial charge in [0.2, 0.25) is 0 Å². The lowest BCUT2D eigenvalue weighted by Crippen LogP contribution is -2.12. The third kappa shape index (κ3) is 5.48. The van der Waals surface area contributed by atoms with E-state index in [0.717, 1.165) is 10.2 Å². The Bertz CT molecular complexity index is 398. The SMILES string of the molecule is COCCOCCNc1cc(Br)cc(C(=O)O)c1. The van der Waals surface area contributed by atoms with Crippen molar-refractivity contribution in [2.24, 2.45) is 0 Å². The molecule has 2 N–H and O–H groups in total. The van der Waals surface area contributed by atoms with E-state index in [1.807, 2.05) is 6.07 Å². The van der Waals surface area contributed by atoms with E-state index >= 15 is 0 Å². The van der Waals surface area contributed by atoms with Crippen LogP contribution in [0.5, 0.6) is 0 Å². The number of rotatable bonds is 8. The van der Waals surface area contributed by atoms with E-state index < -0.39 is 5.97 Å². The second kappa shape index (κ2) is 8.07. The molecule has 0 aliphatic carbocycles. The van der Waals surface area contributed by atoms with Crippen molar-refractivity contribution in [2.45, 2.75) is 0 Å². The molecule has 5 nitrogen and oxygen atoms in total. The van der Waals surface area contributed by atoms with Crippen molar-refractivity contribution in [3.05, 3.63) is 28.2 Å². The monoisotopic (exact) mass is 317 g/mol. The van der Waals surface area contributed by atoms with Gasteiger partial charge < -0.3 is 19.9 Å². The van der Waals surface area contributed by atoms with Crippen LogP contribution in [0, 0.1) is 0 Å². The molecule has 6 heteroatoms. The second-order valence-corrected chi connectivity index (χ2v) is 4.48. The number of benzene rings is 1. The molecular formula is C12H16BrNO4. The number of hydrogen-bond donors (Lipinski definition) is 2.